The van der Waals surface area contributed by atoms with Crippen LogP contribution in [-0.2, 0) is 19.4 Å². The molecule has 3 atom stereocenters. The third kappa shape index (κ3) is 1.98. The Kier molecular flexibility index (Phi) is 3.32. The molecular weight excluding hydrogens is 204 g/mol. The van der Waals surface area contributed by atoms with Crippen molar-refractivity contribution < 1.29 is 17.9 Å². The van der Waals surface area contributed by atoms with Gasteiger partial charge in [-0.25, -0.2) is 8.42 Å². The lowest BCUT2D eigenvalue weighted by molar-refractivity contribution is -0.116. The Morgan fingerprint density at radius 1 is 1.50 bits per heavy atom. The summed E-state index contributed by atoms with van der Waals surface area (Å²) in [6.07, 6.45) is 0.211. The summed E-state index contributed by atoms with van der Waals surface area (Å²) in [7, 11) is -3.36. The van der Waals surface area contributed by atoms with Crippen LogP contribution in [0.25, 0.3) is 0 Å². The second-order valence-corrected chi connectivity index (χ2v) is 6.24. The third-order valence-electron chi connectivity index (χ3n) is 2.79. The first-order valence-corrected chi connectivity index (χ1v) is 6.33. The fraction of sp³-hybridized carbons (Fsp3) is 0.889. The van der Waals surface area contributed by atoms with Crippen LogP contribution in [0.4, 0.5) is 0 Å². The molecule has 0 aromatic heterocycles. The second kappa shape index (κ2) is 3.98. The topological polar surface area (TPSA) is 60.4 Å². The summed E-state index contributed by atoms with van der Waals surface area (Å²) in [5.74, 6) is -0.302. The monoisotopic (exact) mass is 220 g/mol. The Bertz CT molecular complexity index is 320. The number of hydrogen-bond donors (Lipinski definition) is 0. The number of rotatable bonds is 3. The number of sulfone groups is 1. The molecule has 0 amide bonds. The first-order valence-electron chi connectivity index (χ1n) is 4.72. The molecule has 14 heavy (non-hydrogen) atoms. The molecule has 3 unspecified atom stereocenters. The van der Waals surface area contributed by atoms with Gasteiger partial charge in [-0.05, 0) is 27.2 Å². The second-order valence-electron chi connectivity index (χ2n) is 3.74. The van der Waals surface area contributed by atoms with Gasteiger partial charge in [0.15, 0.2) is 9.84 Å². The molecule has 1 fully saturated rings. The molecule has 82 valence electrons. The van der Waals surface area contributed by atoms with E-state index in [0.29, 0.717) is 13.0 Å². The van der Waals surface area contributed by atoms with Gasteiger partial charge >= 0.3 is 0 Å². The van der Waals surface area contributed by atoms with Crippen molar-refractivity contribution in [2.45, 2.75) is 43.8 Å². The molecule has 1 aliphatic heterocycles. The lowest BCUT2D eigenvalue weighted by atomic mass is 10.3. The highest BCUT2D eigenvalue weighted by Crippen LogP contribution is 2.24. The van der Waals surface area contributed by atoms with E-state index in [1.165, 1.54) is 13.8 Å². The van der Waals surface area contributed by atoms with Crippen LogP contribution in [0.2, 0.25) is 0 Å². The van der Waals surface area contributed by atoms with Gasteiger partial charge in [-0.15, -0.1) is 0 Å². The van der Waals surface area contributed by atoms with Gasteiger partial charge in [0.25, 0.3) is 0 Å². The number of ether oxygens (including phenoxy) is 1. The summed E-state index contributed by atoms with van der Waals surface area (Å²) in [6, 6.07) is 0. The van der Waals surface area contributed by atoms with Gasteiger partial charge in [0.05, 0.1) is 11.4 Å². The minimum absolute atomic E-state index is 0.290. The Hall–Kier alpha value is -0.420. The van der Waals surface area contributed by atoms with Crippen molar-refractivity contribution in [3.63, 3.8) is 0 Å². The van der Waals surface area contributed by atoms with Crippen molar-refractivity contribution in [3.8, 4) is 0 Å². The van der Waals surface area contributed by atoms with Crippen LogP contribution >= 0.6 is 0 Å². The third-order valence-corrected chi connectivity index (χ3v) is 5.57. The van der Waals surface area contributed by atoms with E-state index in [1.807, 2.05) is 0 Å². The van der Waals surface area contributed by atoms with Crippen LogP contribution in [0.5, 0.6) is 0 Å². The Balaban J connectivity index is 2.90. The van der Waals surface area contributed by atoms with E-state index in [0.717, 1.165) is 0 Å². The quantitative estimate of drug-likeness (QED) is 0.697. The Morgan fingerprint density at radius 3 is 2.43 bits per heavy atom. The zero-order valence-corrected chi connectivity index (χ0v) is 9.50. The SMILES string of the molecule is CC(=O)C(C)S(=O)(=O)C1CCOC1C. The number of hydrogen-bond acceptors (Lipinski definition) is 4. The molecule has 1 aliphatic rings. The van der Waals surface area contributed by atoms with Crippen LogP contribution in [0.3, 0.4) is 0 Å². The van der Waals surface area contributed by atoms with Crippen molar-refractivity contribution in [1.29, 1.82) is 0 Å². The van der Waals surface area contributed by atoms with Crippen molar-refractivity contribution in [2.24, 2.45) is 0 Å². The predicted octanol–water partition coefficient (Wildman–Crippen LogP) is 0.556. The van der Waals surface area contributed by atoms with Crippen LogP contribution in [0, 0.1) is 0 Å². The summed E-state index contributed by atoms with van der Waals surface area (Å²) >= 11 is 0. The summed E-state index contributed by atoms with van der Waals surface area (Å²) in [5.41, 5.74) is 0. The van der Waals surface area contributed by atoms with E-state index in [-0.39, 0.29) is 11.9 Å². The molecule has 1 heterocycles. The van der Waals surface area contributed by atoms with Gasteiger partial charge in [-0.1, -0.05) is 0 Å². The number of ketones is 1. The standard InChI is InChI=1S/C9H16O4S/c1-6(10)8(3)14(11,12)9-4-5-13-7(9)2/h7-9H,4-5H2,1-3H3. The maximum atomic E-state index is 11.9. The van der Waals surface area contributed by atoms with Gasteiger partial charge in [-0.2, -0.15) is 0 Å². The molecule has 0 saturated carbocycles. The molecule has 0 bridgehead atoms. The zero-order valence-electron chi connectivity index (χ0n) is 8.69. The maximum Gasteiger partial charge on any atom is 0.165 e. The molecule has 4 nitrogen and oxygen atoms in total. The molecule has 1 rings (SSSR count). The summed E-state index contributed by atoms with van der Waals surface area (Å²) in [4.78, 5) is 11.0. The maximum absolute atomic E-state index is 11.9. The molecule has 5 heteroatoms. The Morgan fingerprint density at radius 2 is 2.07 bits per heavy atom. The largest absolute Gasteiger partial charge is 0.377 e. The molecule has 0 aliphatic carbocycles. The highest BCUT2D eigenvalue weighted by atomic mass is 32.2. The first-order chi connectivity index (χ1) is 6.37. The van der Waals surface area contributed by atoms with E-state index in [2.05, 4.69) is 0 Å². The molecule has 0 N–H and O–H groups in total. The minimum Gasteiger partial charge on any atom is -0.377 e. The summed E-state index contributed by atoms with van der Waals surface area (Å²) in [6.45, 7) is 4.96. The smallest absolute Gasteiger partial charge is 0.165 e. The zero-order chi connectivity index (χ0) is 10.9. The average Bonchev–Trinajstić information content (AvgIpc) is 2.50. The summed E-state index contributed by atoms with van der Waals surface area (Å²) < 4.78 is 29.0. The summed E-state index contributed by atoms with van der Waals surface area (Å²) in [5, 5.41) is -1.42. The van der Waals surface area contributed by atoms with Crippen molar-refractivity contribution in [1.82, 2.24) is 0 Å². The molecule has 1 saturated heterocycles. The van der Waals surface area contributed by atoms with Crippen molar-refractivity contribution in [2.75, 3.05) is 6.61 Å². The van der Waals surface area contributed by atoms with E-state index in [9.17, 15) is 13.2 Å². The normalized spacial score (nSPS) is 30.2. The number of carbonyl (C=O) groups is 1. The first kappa shape index (κ1) is 11.7. The molecule has 0 aromatic carbocycles. The van der Waals surface area contributed by atoms with Gasteiger partial charge in [0, 0.05) is 6.61 Å². The lowest BCUT2D eigenvalue weighted by Gasteiger charge is -2.18. The predicted molar refractivity (Wildman–Crippen MR) is 52.9 cm³/mol. The molecular formula is C9H16O4S. The number of Topliss-reactive ketones (excluding diaryl/α,β-unsaturated/α-hetero) is 1. The van der Waals surface area contributed by atoms with E-state index < -0.39 is 20.3 Å². The average molecular weight is 220 g/mol. The minimum atomic E-state index is -3.36. The van der Waals surface area contributed by atoms with Gasteiger partial charge in [0.1, 0.15) is 11.0 Å². The van der Waals surface area contributed by atoms with Crippen molar-refractivity contribution in [3.05, 3.63) is 0 Å². The van der Waals surface area contributed by atoms with E-state index in [1.54, 1.807) is 6.92 Å². The molecule has 0 aromatic rings. The number of carbonyl (C=O) groups excluding carboxylic acids is 1. The van der Waals surface area contributed by atoms with Crippen molar-refractivity contribution >= 4 is 15.6 Å². The molecule has 0 radical (unpaired) electrons. The van der Waals surface area contributed by atoms with Crippen LogP contribution in [0.15, 0.2) is 0 Å². The van der Waals surface area contributed by atoms with Crippen LogP contribution in [0.1, 0.15) is 27.2 Å². The fourth-order valence-electron chi connectivity index (χ4n) is 1.64. The molecule has 0 spiro atoms. The fourth-order valence-corrected chi connectivity index (χ4v) is 3.66. The highest BCUT2D eigenvalue weighted by Gasteiger charge is 2.40. The van der Waals surface area contributed by atoms with Crippen LogP contribution in [-0.4, -0.2) is 37.4 Å². The van der Waals surface area contributed by atoms with Crippen LogP contribution < -0.4 is 0 Å². The van der Waals surface area contributed by atoms with E-state index in [4.69, 9.17) is 4.74 Å². The lowest BCUT2D eigenvalue weighted by Crippen LogP contribution is -2.38. The highest BCUT2D eigenvalue weighted by molar-refractivity contribution is 7.93. The van der Waals surface area contributed by atoms with E-state index >= 15 is 0 Å². The van der Waals surface area contributed by atoms with Gasteiger partial charge in [0.2, 0.25) is 0 Å². The van der Waals surface area contributed by atoms with Gasteiger partial charge in [-0.3, -0.25) is 4.79 Å². The Labute approximate surface area is 84.6 Å². The van der Waals surface area contributed by atoms with Gasteiger partial charge < -0.3 is 4.74 Å².